The van der Waals surface area contributed by atoms with Crippen LogP contribution >= 0.6 is 0 Å². The first-order valence-electron chi connectivity index (χ1n) is 7.35. The Morgan fingerprint density at radius 1 is 1.24 bits per heavy atom. The number of hydrogen-bond acceptors (Lipinski definition) is 2. The van der Waals surface area contributed by atoms with Gasteiger partial charge in [-0.05, 0) is 19.8 Å². The van der Waals surface area contributed by atoms with Crippen LogP contribution in [0.3, 0.4) is 0 Å². The Labute approximate surface area is 123 Å². The zero-order chi connectivity index (χ0) is 16.0. The third-order valence-electron chi connectivity index (χ3n) is 3.72. The first-order chi connectivity index (χ1) is 9.70. The first kappa shape index (κ1) is 17.8. The second-order valence-electron chi connectivity index (χ2n) is 5.61. The van der Waals surface area contributed by atoms with E-state index in [9.17, 15) is 22.8 Å². The molecular formula is C14H23F3N2O2. The normalized spacial score (nSPS) is 18.1. The number of halogens is 3. The lowest BCUT2D eigenvalue weighted by atomic mass is 9.93. The molecule has 1 aliphatic carbocycles. The Kier molecular flexibility index (Phi) is 6.48. The van der Waals surface area contributed by atoms with Crippen LogP contribution in [0, 0.1) is 0 Å². The highest BCUT2D eigenvalue weighted by Gasteiger charge is 2.33. The summed E-state index contributed by atoms with van der Waals surface area (Å²) in [5.41, 5.74) is 0. The highest BCUT2D eigenvalue weighted by Crippen LogP contribution is 2.26. The van der Waals surface area contributed by atoms with Crippen molar-refractivity contribution in [2.45, 2.75) is 70.6 Å². The molecule has 0 bridgehead atoms. The Morgan fingerprint density at radius 3 is 2.29 bits per heavy atom. The molecule has 1 fully saturated rings. The summed E-state index contributed by atoms with van der Waals surface area (Å²) >= 11 is 0. The minimum atomic E-state index is -4.29. The lowest BCUT2D eigenvalue weighted by molar-refractivity contribution is -0.150. The third-order valence-corrected chi connectivity index (χ3v) is 3.72. The van der Waals surface area contributed by atoms with Gasteiger partial charge in [0.25, 0.3) is 0 Å². The number of nitrogens with one attached hydrogen (secondary N) is 1. The van der Waals surface area contributed by atoms with Crippen molar-refractivity contribution in [3.63, 3.8) is 0 Å². The van der Waals surface area contributed by atoms with Gasteiger partial charge in [-0.2, -0.15) is 13.2 Å². The monoisotopic (exact) mass is 308 g/mol. The van der Waals surface area contributed by atoms with Crippen LogP contribution in [0.15, 0.2) is 0 Å². The Morgan fingerprint density at radius 2 is 1.81 bits per heavy atom. The van der Waals surface area contributed by atoms with Gasteiger partial charge < -0.3 is 10.2 Å². The first-order valence-corrected chi connectivity index (χ1v) is 7.35. The van der Waals surface area contributed by atoms with Gasteiger partial charge in [-0.3, -0.25) is 9.59 Å². The number of hydrogen-bond donors (Lipinski definition) is 1. The third kappa shape index (κ3) is 6.35. The van der Waals surface area contributed by atoms with E-state index in [1.807, 2.05) is 0 Å². The quantitative estimate of drug-likeness (QED) is 0.849. The average Bonchev–Trinajstić information content (AvgIpc) is 2.37. The van der Waals surface area contributed by atoms with Crippen LogP contribution in [0.25, 0.3) is 0 Å². The van der Waals surface area contributed by atoms with Crippen molar-refractivity contribution in [2.24, 2.45) is 0 Å². The molecule has 21 heavy (non-hydrogen) atoms. The molecule has 1 atom stereocenters. The SMILES string of the molecule is CC(=O)NC(C)C(=O)N(CCC(F)(F)F)C1CCCCC1. The molecule has 0 aliphatic heterocycles. The predicted octanol–water partition coefficient (Wildman–Crippen LogP) is 2.62. The molecule has 7 heteroatoms. The van der Waals surface area contributed by atoms with Crippen LogP contribution in [0.5, 0.6) is 0 Å². The van der Waals surface area contributed by atoms with Crippen molar-refractivity contribution in [1.82, 2.24) is 10.2 Å². The topological polar surface area (TPSA) is 49.4 Å². The number of nitrogens with zero attached hydrogens (tertiary/aromatic N) is 1. The minimum Gasteiger partial charge on any atom is -0.345 e. The van der Waals surface area contributed by atoms with Crippen LogP contribution in [0.4, 0.5) is 13.2 Å². The van der Waals surface area contributed by atoms with E-state index in [-0.39, 0.29) is 18.5 Å². The number of amides is 2. The van der Waals surface area contributed by atoms with Gasteiger partial charge in [0.15, 0.2) is 0 Å². The van der Waals surface area contributed by atoms with Crippen molar-refractivity contribution in [2.75, 3.05) is 6.54 Å². The van der Waals surface area contributed by atoms with Crippen LogP contribution in [-0.4, -0.2) is 41.5 Å². The summed E-state index contributed by atoms with van der Waals surface area (Å²) in [6, 6.07) is -0.942. The molecule has 1 N–H and O–H groups in total. The molecule has 1 saturated carbocycles. The standard InChI is InChI=1S/C14H23F3N2O2/c1-10(18-11(2)20)13(21)19(9-8-14(15,16)17)12-6-4-3-5-7-12/h10,12H,3-9H2,1-2H3,(H,18,20). The molecule has 0 aromatic rings. The summed E-state index contributed by atoms with van der Waals surface area (Å²) in [6.45, 7) is 2.45. The van der Waals surface area contributed by atoms with Gasteiger partial charge in [-0.1, -0.05) is 19.3 Å². The van der Waals surface area contributed by atoms with E-state index in [0.29, 0.717) is 0 Å². The Hall–Kier alpha value is -1.27. The minimum absolute atomic E-state index is 0.148. The van der Waals surface area contributed by atoms with Crippen molar-refractivity contribution >= 4 is 11.8 Å². The van der Waals surface area contributed by atoms with Crippen LogP contribution in [0.2, 0.25) is 0 Å². The fourth-order valence-corrected chi connectivity index (χ4v) is 2.73. The molecule has 4 nitrogen and oxygen atoms in total. The summed E-state index contributed by atoms with van der Waals surface area (Å²) in [6.07, 6.45) is -0.928. The lowest BCUT2D eigenvalue weighted by Gasteiger charge is -2.36. The molecule has 2 amide bonds. The van der Waals surface area contributed by atoms with E-state index >= 15 is 0 Å². The van der Waals surface area contributed by atoms with Crippen molar-refractivity contribution < 1.29 is 22.8 Å². The molecule has 0 spiro atoms. The van der Waals surface area contributed by atoms with Gasteiger partial charge in [0.05, 0.1) is 6.42 Å². The molecular weight excluding hydrogens is 285 g/mol. The number of carbonyl (C=O) groups excluding carboxylic acids is 2. The van der Waals surface area contributed by atoms with Gasteiger partial charge in [-0.25, -0.2) is 0 Å². The highest BCUT2D eigenvalue weighted by atomic mass is 19.4. The molecule has 0 heterocycles. The fourth-order valence-electron chi connectivity index (χ4n) is 2.73. The molecule has 1 unspecified atom stereocenters. The van der Waals surface area contributed by atoms with Crippen LogP contribution in [-0.2, 0) is 9.59 Å². The molecule has 1 aliphatic rings. The summed E-state index contributed by atoms with van der Waals surface area (Å²) in [7, 11) is 0. The Balaban J connectivity index is 2.74. The van der Waals surface area contributed by atoms with Gasteiger partial charge in [0.1, 0.15) is 6.04 Å². The zero-order valence-electron chi connectivity index (χ0n) is 12.5. The van der Waals surface area contributed by atoms with Crippen molar-refractivity contribution in [3.05, 3.63) is 0 Å². The second-order valence-corrected chi connectivity index (χ2v) is 5.61. The van der Waals surface area contributed by atoms with E-state index in [1.165, 1.54) is 18.7 Å². The van der Waals surface area contributed by atoms with E-state index in [4.69, 9.17) is 0 Å². The maximum Gasteiger partial charge on any atom is 0.390 e. The largest absolute Gasteiger partial charge is 0.390 e. The lowest BCUT2D eigenvalue weighted by Crippen LogP contribution is -2.51. The fraction of sp³-hybridized carbons (Fsp3) is 0.857. The van der Waals surface area contributed by atoms with Crippen LogP contribution in [0.1, 0.15) is 52.4 Å². The van der Waals surface area contributed by atoms with Crippen LogP contribution < -0.4 is 5.32 Å². The van der Waals surface area contributed by atoms with Gasteiger partial charge >= 0.3 is 6.18 Å². The van der Waals surface area contributed by atoms with Gasteiger partial charge in [-0.15, -0.1) is 0 Å². The average molecular weight is 308 g/mol. The summed E-state index contributed by atoms with van der Waals surface area (Å²) in [4.78, 5) is 24.7. The van der Waals surface area contributed by atoms with E-state index < -0.39 is 24.5 Å². The predicted molar refractivity (Wildman–Crippen MR) is 72.5 cm³/mol. The zero-order valence-corrected chi connectivity index (χ0v) is 12.5. The molecule has 0 saturated heterocycles. The number of rotatable bonds is 5. The molecule has 0 aromatic heterocycles. The van der Waals surface area contributed by atoms with Gasteiger partial charge in [0, 0.05) is 19.5 Å². The van der Waals surface area contributed by atoms with E-state index in [0.717, 1.165) is 32.1 Å². The van der Waals surface area contributed by atoms with Gasteiger partial charge in [0.2, 0.25) is 11.8 Å². The molecule has 0 aromatic carbocycles. The Bertz CT molecular complexity index is 366. The molecule has 0 radical (unpaired) electrons. The number of carbonyl (C=O) groups is 2. The van der Waals surface area contributed by atoms with E-state index in [2.05, 4.69) is 5.32 Å². The van der Waals surface area contributed by atoms with Crippen molar-refractivity contribution in [1.29, 1.82) is 0 Å². The summed E-state index contributed by atoms with van der Waals surface area (Å²) in [5.74, 6) is -0.795. The summed E-state index contributed by atoms with van der Waals surface area (Å²) < 4.78 is 37.4. The smallest absolute Gasteiger partial charge is 0.345 e. The molecule has 122 valence electrons. The van der Waals surface area contributed by atoms with E-state index in [1.54, 1.807) is 0 Å². The molecule has 1 rings (SSSR count). The second kappa shape index (κ2) is 7.66. The number of alkyl halides is 3. The van der Waals surface area contributed by atoms with Crippen molar-refractivity contribution in [3.8, 4) is 0 Å². The maximum atomic E-state index is 12.5. The highest BCUT2D eigenvalue weighted by molar-refractivity contribution is 5.86. The maximum absolute atomic E-state index is 12.5. The summed E-state index contributed by atoms with van der Waals surface area (Å²) in [5, 5.41) is 2.45.